The molecule has 4 saturated carbocycles. The second kappa shape index (κ2) is 23.0. The number of ketones is 2. The third kappa shape index (κ3) is 12.9. The van der Waals surface area contributed by atoms with E-state index in [-0.39, 0.29) is 117 Å². The van der Waals surface area contributed by atoms with Crippen LogP contribution in [0.25, 0.3) is 0 Å². The average Bonchev–Trinajstić information content (AvgIpc) is 4.15. The van der Waals surface area contributed by atoms with Gasteiger partial charge in [0.2, 0.25) is 0 Å². The molecule has 3 atom stereocenters. The van der Waals surface area contributed by atoms with Crippen LogP contribution in [0.15, 0.2) is 38.0 Å². The number of ether oxygens (including phenoxy) is 6. The maximum Gasteiger partial charge on any atom is 0.309 e. The standard InChI is InChI=1S/C48H72O12/c1-8-27-55-42(51)35-19-15-34(16-20-35)41(50)47(7,39-25-26-39)60-32-48(12-5,31-58-45(54)38-23-21-36(22-24-38)43(52)56-28-9-2)30-57-44(53)37-17-13-33(14-18-37)40(49)46(6,11-4)59-29-10-3/h8-10,33-39H,1-3,11-32H2,4-7H3. The first-order valence-electron chi connectivity index (χ1n) is 22.5. The molecule has 0 saturated heterocycles. The molecule has 12 nitrogen and oxygen atoms in total. The molecular formula is C48H72O12. The van der Waals surface area contributed by atoms with Crippen molar-refractivity contribution >= 4 is 35.4 Å². The zero-order valence-corrected chi connectivity index (χ0v) is 36.9. The van der Waals surface area contributed by atoms with Crippen molar-refractivity contribution in [2.24, 2.45) is 46.8 Å². The van der Waals surface area contributed by atoms with Crippen molar-refractivity contribution in [1.29, 1.82) is 0 Å². The Bertz CT molecular complexity index is 1510. The van der Waals surface area contributed by atoms with Crippen LogP contribution in [0.3, 0.4) is 0 Å². The van der Waals surface area contributed by atoms with Gasteiger partial charge in [0.1, 0.15) is 37.6 Å². The summed E-state index contributed by atoms with van der Waals surface area (Å²) >= 11 is 0. The number of carbonyl (C=O) groups excluding carboxylic acids is 6. The Hall–Kier alpha value is -3.64. The number of Topliss-reactive ketones (excluding diaryl/α,β-unsaturated/α-hetero) is 2. The summed E-state index contributed by atoms with van der Waals surface area (Å²) < 4.78 is 35.2. The molecule has 4 fully saturated rings. The van der Waals surface area contributed by atoms with Crippen molar-refractivity contribution in [2.45, 2.75) is 142 Å². The fourth-order valence-corrected chi connectivity index (χ4v) is 9.14. The van der Waals surface area contributed by atoms with Crippen LogP contribution < -0.4 is 0 Å². The van der Waals surface area contributed by atoms with Crippen LogP contribution in [0.1, 0.15) is 130 Å². The third-order valence-electron chi connectivity index (χ3n) is 14.0. The molecule has 0 N–H and O–H groups in total. The summed E-state index contributed by atoms with van der Waals surface area (Å²) in [6.07, 6.45) is 13.8. The Labute approximate surface area is 357 Å². The van der Waals surface area contributed by atoms with Gasteiger partial charge in [-0.05, 0) is 122 Å². The summed E-state index contributed by atoms with van der Waals surface area (Å²) in [5, 5.41) is 0. The van der Waals surface area contributed by atoms with Crippen LogP contribution in [-0.2, 0) is 57.2 Å². The Balaban J connectivity index is 1.43. The van der Waals surface area contributed by atoms with Crippen molar-refractivity contribution in [3.8, 4) is 0 Å². The molecule has 0 aliphatic heterocycles. The lowest BCUT2D eigenvalue weighted by atomic mass is 9.75. The van der Waals surface area contributed by atoms with Gasteiger partial charge in [0.15, 0.2) is 11.6 Å². The predicted molar refractivity (Wildman–Crippen MR) is 225 cm³/mol. The van der Waals surface area contributed by atoms with E-state index in [1.54, 1.807) is 12.2 Å². The largest absolute Gasteiger partial charge is 0.465 e. The number of hydrogen-bond donors (Lipinski definition) is 0. The van der Waals surface area contributed by atoms with E-state index in [1.165, 1.54) is 6.08 Å². The van der Waals surface area contributed by atoms with Gasteiger partial charge in [-0.3, -0.25) is 28.8 Å². The summed E-state index contributed by atoms with van der Waals surface area (Å²) in [6.45, 7) is 18.9. The number of rotatable bonds is 25. The fourth-order valence-electron chi connectivity index (χ4n) is 9.14. The van der Waals surface area contributed by atoms with E-state index in [2.05, 4.69) is 19.7 Å². The van der Waals surface area contributed by atoms with Gasteiger partial charge in [-0.15, -0.1) is 6.58 Å². The molecule has 336 valence electrons. The topological polar surface area (TPSA) is 158 Å². The van der Waals surface area contributed by atoms with Crippen LogP contribution in [0.4, 0.5) is 0 Å². The molecule has 3 unspecified atom stereocenters. The predicted octanol–water partition coefficient (Wildman–Crippen LogP) is 8.04. The molecule has 0 heterocycles. The van der Waals surface area contributed by atoms with E-state index >= 15 is 0 Å². The highest BCUT2D eigenvalue weighted by atomic mass is 16.6. The molecule has 12 heteroatoms. The highest BCUT2D eigenvalue weighted by molar-refractivity contribution is 5.90. The van der Waals surface area contributed by atoms with Gasteiger partial charge in [-0.25, -0.2) is 0 Å². The molecule has 0 aromatic rings. The molecule has 0 spiro atoms. The van der Waals surface area contributed by atoms with Crippen molar-refractivity contribution in [3.05, 3.63) is 38.0 Å². The van der Waals surface area contributed by atoms with Crippen molar-refractivity contribution < 1.29 is 57.2 Å². The summed E-state index contributed by atoms with van der Waals surface area (Å²) in [6, 6.07) is 0. The first-order chi connectivity index (χ1) is 28.7. The normalized spacial score (nSPS) is 27.3. The van der Waals surface area contributed by atoms with Crippen molar-refractivity contribution in [3.63, 3.8) is 0 Å². The zero-order valence-electron chi connectivity index (χ0n) is 36.9. The lowest BCUT2D eigenvalue weighted by Gasteiger charge is -2.39. The molecule has 0 aromatic heterocycles. The van der Waals surface area contributed by atoms with Gasteiger partial charge < -0.3 is 28.4 Å². The highest BCUT2D eigenvalue weighted by Gasteiger charge is 2.52. The minimum atomic E-state index is -1.10. The van der Waals surface area contributed by atoms with E-state index < -0.39 is 16.6 Å². The van der Waals surface area contributed by atoms with Gasteiger partial charge in [-0.1, -0.05) is 45.2 Å². The number of hydrogen-bond acceptors (Lipinski definition) is 12. The minimum Gasteiger partial charge on any atom is -0.465 e. The molecule has 4 aliphatic rings. The maximum absolute atomic E-state index is 14.3. The van der Waals surface area contributed by atoms with E-state index in [9.17, 15) is 28.8 Å². The van der Waals surface area contributed by atoms with E-state index in [0.717, 1.165) is 12.8 Å². The zero-order chi connectivity index (χ0) is 43.9. The molecule has 4 rings (SSSR count). The Morgan fingerprint density at radius 3 is 1.18 bits per heavy atom. The van der Waals surface area contributed by atoms with Crippen LogP contribution in [-0.4, -0.2) is 86.3 Å². The second-order valence-corrected chi connectivity index (χ2v) is 18.1. The lowest BCUT2D eigenvalue weighted by Crippen LogP contribution is -2.49. The van der Waals surface area contributed by atoms with Gasteiger partial charge in [0.25, 0.3) is 0 Å². The summed E-state index contributed by atoms with van der Waals surface area (Å²) in [5.41, 5.74) is -2.95. The van der Waals surface area contributed by atoms with Crippen LogP contribution in [0, 0.1) is 46.8 Å². The summed E-state index contributed by atoms with van der Waals surface area (Å²) in [7, 11) is 0. The van der Waals surface area contributed by atoms with Crippen LogP contribution in [0.2, 0.25) is 0 Å². The monoisotopic (exact) mass is 841 g/mol. The Morgan fingerprint density at radius 2 is 0.833 bits per heavy atom. The van der Waals surface area contributed by atoms with E-state index in [4.69, 9.17) is 28.4 Å². The minimum absolute atomic E-state index is 0.0191. The smallest absolute Gasteiger partial charge is 0.309 e. The van der Waals surface area contributed by atoms with Crippen LogP contribution in [0.5, 0.6) is 0 Å². The first-order valence-corrected chi connectivity index (χ1v) is 22.5. The Morgan fingerprint density at radius 1 is 0.467 bits per heavy atom. The summed E-state index contributed by atoms with van der Waals surface area (Å²) in [5.74, 6) is -2.94. The first kappa shape index (κ1) is 49.0. The molecule has 0 aromatic carbocycles. The fraction of sp³-hybridized carbons (Fsp3) is 0.750. The van der Waals surface area contributed by atoms with Gasteiger partial charge in [0, 0.05) is 11.8 Å². The lowest BCUT2D eigenvalue weighted by molar-refractivity contribution is -0.176. The Kier molecular flexibility index (Phi) is 18.8. The quantitative estimate of drug-likeness (QED) is 0.0496. The molecule has 60 heavy (non-hydrogen) atoms. The molecule has 0 amide bonds. The van der Waals surface area contributed by atoms with E-state index in [0.29, 0.717) is 89.9 Å². The van der Waals surface area contributed by atoms with Crippen molar-refractivity contribution in [1.82, 2.24) is 0 Å². The number of esters is 4. The van der Waals surface area contributed by atoms with Gasteiger partial charge >= 0.3 is 23.9 Å². The molecule has 0 bridgehead atoms. The second-order valence-electron chi connectivity index (χ2n) is 18.1. The van der Waals surface area contributed by atoms with Crippen LogP contribution >= 0.6 is 0 Å². The molecular weight excluding hydrogens is 769 g/mol. The number of carbonyl (C=O) groups is 6. The molecule has 4 aliphatic carbocycles. The maximum atomic E-state index is 14.3. The van der Waals surface area contributed by atoms with E-state index in [1.807, 2.05) is 27.7 Å². The third-order valence-corrected chi connectivity index (χ3v) is 14.0. The average molecular weight is 841 g/mol. The van der Waals surface area contributed by atoms with Crippen molar-refractivity contribution in [2.75, 3.05) is 39.6 Å². The highest BCUT2D eigenvalue weighted by Crippen LogP contribution is 2.47. The van der Waals surface area contributed by atoms with Gasteiger partial charge in [-0.2, -0.15) is 0 Å². The molecule has 0 radical (unpaired) electrons. The summed E-state index contributed by atoms with van der Waals surface area (Å²) in [4.78, 5) is 80.0. The van der Waals surface area contributed by atoms with Gasteiger partial charge in [0.05, 0.1) is 42.3 Å². The SMILES string of the molecule is C=CCOC(=O)C1CCC(C(=O)OCC(CC)(COC(=O)C2CCC(C(=O)C(C)(CC)OCC=C)CC2)COC(C)(C(=O)C2CCC(C(=O)OCC=C)CC2)C2CC2)CC1.